The highest BCUT2D eigenvalue weighted by Crippen LogP contribution is 2.37. The maximum absolute atomic E-state index is 14.0. The molecule has 5 aromatic rings. The monoisotopic (exact) mass is 561 g/mol. The molecule has 2 aromatic carbocycles. The molecule has 3 heterocycles. The molecule has 5 rings (SSSR count). The normalized spacial score (nSPS) is 11.3. The van der Waals surface area contributed by atoms with Gasteiger partial charge in [-0.3, -0.25) is 9.69 Å². The van der Waals surface area contributed by atoms with E-state index in [1.165, 1.54) is 22.7 Å². The summed E-state index contributed by atoms with van der Waals surface area (Å²) < 4.78 is 12.9. The largest absolute Gasteiger partial charge is 0.497 e. The number of ether oxygens (including phenoxy) is 2. The second kappa shape index (κ2) is 11.6. The molecule has 202 valence electrons. The van der Waals surface area contributed by atoms with E-state index in [1.54, 1.807) is 19.1 Å². The van der Waals surface area contributed by atoms with Crippen LogP contribution in [0.2, 0.25) is 0 Å². The number of carbonyl (C=O) groups is 1. The summed E-state index contributed by atoms with van der Waals surface area (Å²) in [5, 5.41) is 8.32. The summed E-state index contributed by atoms with van der Waals surface area (Å²) in [7, 11) is 7.34. The van der Waals surface area contributed by atoms with E-state index in [2.05, 4.69) is 4.90 Å². The number of benzene rings is 2. The third-order valence-corrected chi connectivity index (χ3v) is 8.36. The zero-order valence-electron chi connectivity index (χ0n) is 22.7. The van der Waals surface area contributed by atoms with Crippen molar-refractivity contribution in [1.82, 2.24) is 19.7 Å². The van der Waals surface area contributed by atoms with Crippen LogP contribution in [0.4, 0.5) is 5.13 Å². The van der Waals surface area contributed by atoms with Gasteiger partial charge in [0.05, 0.1) is 36.2 Å². The molecule has 0 atom stereocenters. The van der Waals surface area contributed by atoms with Crippen LogP contribution >= 0.6 is 22.7 Å². The van der Waals surface area contributed by atoms with E-state index in [4.69, 9.17) is 19.6 Å². The number of anilines is 1. The summed E-state index contributed by atoms with van der Waals surface area (Å²) >= 11 is 2.91. The third kappa shape index (κ3) is 5.54. The lowest BCUT2D eigenvalue weighted by molar-refractivity contribution is 0.0990. The molecule has 39 heavy (non-hydrogen) atoms. The van der Waals surface area contributed by atoms with E-state index in [0.29, 0.717) is 28.1 Å². The van der Waals surface area contributed by atoms with E-state index in [0.717, 1.165) is 45.8 Å². The summed E-state index contributed by atoms with van der Waals surface area (Å²) in [5.74, 6) is 1.35. The van der Waals surface area contributed by atoms with Gasteiger partial charge in [0.15, 0.2) is 5.13 Å². The number of amides is 1. The van der Waals surface area contributed by atoms with E-state index < -0.39 is 0 Å². The van der Waals surface area contributed by atoms with Gasteiger partial charge in [-0.25, -0.2) is 9.67 Å². The van der Waals surface area contributed by atoms with Gasteiger partial charge in [0, 0.05) is 22.9 Å². The van der Waals surface area contributed by atoms with Crippen LogP contribution < -0.4 is 14.4 Å². The molecule has 0 spiro atoms. The van der Waals surface area contributed by atoms with Gasteiger partial charge >= 0.3 is 0 Å². The van der Waals surface area contributed by atoms with E-state index in [9.17, 15) is 4.79 Å². The Kier molecular flexibility index (Phi) is 7.97. The summed E-state index contributed by atoms with van der Waals surface area (Å²) in [6.07, 6.45) is 0.817. The first kappa shape index (κ1) is 26.9. The fourth-order valence-corrected chi connectivity index (χ4v) is 6.37. The minimum atomic E-state index is -0.0625. The summed E-state index contributed by atoms with van der Waals surface area (Å²) in [4.78, 5) is 24.5. The molecule has 0 aliphatic rings. The van der Waals surface area contributed by atoms with Gasteiger partial charge in [0.25, 0.3) is 5.91 Å². The zero-order chi connectivity index (χ0) is 27.5. The summed E-state index contributed by atoms with van der Waals surface area (Å²) in [6, 6.07) is 17.6. The molecule has 3 aromatic heterocycles. The number of para-hydroxylation sites is 1. The Morgan fingerprint density at radius 1 is 1.03 bits per heavy atom. The van der Waals surface area contributed by atoms with Crippen LogP contribution in [0, 0.1) is 6.92 Å². The predicted molar refractivity (Wildman–Crippen MR) is 159 cm³/mol. The van der Waals surface area contributed by atoms with Crippen molar-refractivity contribution >= 4 is 43.9 Å². The molecule has 0 aliphatic heterocycles. The van der Waals surface area contributed by atoms with Crippen molar-refractivity contribution in [3.8, 4) is 28.4 Å². The fraction of sp³-hybridized carbons (Fsp3) is 0.276. The molecule has 0 saturated heterocycles. The SMILES string of the molecule is COc1ccc(OC)c(-c2csc(N(CCCN(C)C)C(=O)c3cc4c(C)nn(-c5ccccc5)c4s3)n2)c1. The lowest BCUT2D eigenvalue weighted by Gasteiger charge is -2.20. The molecule has 0 bridgehead atoms. The Morgan fingerprint density at radius 2 is 1.82 bits per heavy atom. The van der Waals surface area contributed by atoms with Gasteiger partial charge in [-0.05, 0) is 70.4 Å². The number of aryl methyl sites for hydroxylation is 1. The average molecular weight is 562 g/mol. The highest BCUT2D eigenvalue weighted by molar-refractivity contribution is 7.20. The number of rotatable bonds is 10. The maximum atomic E-state index is 14.0. The zero-order valence-corrected chi connectivity index (χ0v) is 24.3. The summed E-state index contributed by atoms with van der Waals surface area (Å²) in [5.41, 5.74) is 3.42. The second-order valence-electron chi connectivity index (χ2n) is 9.36. The number of nitrogens with zero attached hydrogens (tertiary/aromatic N) is 5. The maximum Gasteiger partial charge on any atom is 0.270 e. The van der Waals surface area contributed by atoms with Crippen LogP contribution in [0.25, 0.3) is 27.2 Å². The Hall–Kier alpha value is -3.73. The highest BCUT2D eigenvalue weighted by Gasteiger charge is 2.25. The first-order chi connectivity index (χ1) is 18.9. The average Bonchev–Trinajstić information content (AvgIpc) is 3.68. The Bertz CT molecular complexity index is 1590. The minimum Gasteiger partial charge on any atom is -0.497 e. The molecule has 8 nitrogen and oxygen atoms in total. The number of aromatic nitrogens is 3. The molecular formula is C29H31N5O3S2. The Balaban J connectivity index is 1.51. The second-order valence-corrected chi connectivity index (χ2v) is 11.2. The molecular weight excluding hydrogens is 530 g/mol. The summed E-state index contributed by atoms with van der Waals surface area (Å²) in [6.45, 7) is 3.39. The lowest BCUT2D eigenvalue weighted by atomic mass is 10.1. The molecule has 0 aliphatic carbocycles. The standard InChI is InChI=1S/C29H31N5O3S2/c1-19-22-17-26(39-28(22)34(31-19)20-10-7-6-8-11-20)27(35)33(15-9-14-32(2)3)29-30-24(18-38-29)23-16-21(36-4)12-13-25(23)37-5/h6-8,10-13,16-18H,9,14-15H2,1-5H3. The van der Waals surface area contributed by atoms with Gasteiger partial charge < -0.3 is 14.4 Å². The van der Waals surface area contributed by atoms with Gasteiger partial charge in [0.2, 0.25) is 0 Å². The first-order valence-corrected chi connectivity index (χ1v) is 14.3. The molecule has 0 unspecified atom stereocenters. The molecule has 1 amide bonds. The van der Waals surface area contributed by atoms with Crippen LogP contribution in [0.15, 0.2) is 60.0 Å². The topological polar surface area (TPSA) is 72.7 Å². The number of hydrogen-bond acceptors (Lipinski definition) is 8. The van der Waals surface area contributed by atoms with Gasteiger partial charge in [-0.1, -0.05) is 18.2 Å². The smallest absolute Gasteiger partial charge is 0.270 e. The molecule has 10 heteroatoms. The van der Waals surface area contributed by atoms with Crippen molar-refractivity contribution in [2.24, 2.45) is 0 Å². The van der Waals surface area contributed by atoms with E-state index in [-0.39, 0.29) is 5.91 Å². The number of hydrogen-bond donors (Lipinski definition) is 0. The minimum absolute atomic E-state index is 0.0625. The number of thiophene rings is 1. The van der Waals surface area contributed by atoms with E-state index >= 15 is 0 Å². The molecule has 0 fully saturated rings. The van der Waals surface area contributed by atoms with E-state index in [1.807, 2.05) is 85.7 Å². The first-order valence-electron chi connectivity index (χ1n) is 12.6. The molecule has 0 N–H and O–H groups in total. The van der Waals surface area contributed by atoms with Crippen molar-refractivity contribution in [3.63, 3.8) is 0 Å². The van der Waals surface area contributed by atoms with Crippen molar-refractivity contribution in [2.45, 2.75) is 13.3 Å². The number of fused-ring (bicyclic) bond motifs is 1. The quantitative estimate of drug-likeness (QED) is 0.204. The van der Waals surface area contributed by atoms with Crippen LogP contribution in [0.1, 0.15) is 21.8 Å². The van der Waals surface area contributed by atoms with Crippen molar-refractivity contribution in [2.75, 3.05) is 46.3 Å². The Labute approximate surface area is 236 Å². The van der Waals surface area contributed by atoms with Crippen LogP contribution in [-0.2, 0) is 0 Å². The predicted octanol–water partition coefficient (Wildman–Crippen LogP) is 6.13. The number of methoxy groups -OCH3 is 2. The van der Waals surface area contributed by atoms with Gasteiger partial charge in [-0.15, -0.1) is 22.7 Å². The van der Waals surface area contributed by atoms with Crippen molar-refractivity contribution < 1.29 is 14.3 Å². The van der Waals surface area contributed by atoms with Crippen LogP contribution in [-0.4, -0.2) is 67.0 Å². The number of thiazole rings is 1. The van der Waals surface area contributed by atoms with Crippen LogP contribution in [0.5, 0.6) is 11.5 Å². The van der Waals surface area contributed by atoms with Crippen molar-refractivity contribution in [1.29, 1.82) is 0 Å². The highest BCUT2D eigenvalue weighted by atomic mass is 32.1. The van der Waals surface area contributed by atoms with Gasteiger partial charge in [-0.2, -0.15) is 5.10 Å². The molecule has 0 saturated carbocycles. The third-order valence-electron chi connectivity index (χ3n) is 6.39. The van der Waals surface area contributed by atoms with Gasteiger partial charge in [0.1, 0.15) is 16.3 Å². The Morgan fingerprint density at radius 3 is 2.54 bits per heavy atom. The molecule has 0 radical (unpaired) electrons. The lowest BCUT2D eigenvalue weighted by Crippen LogP contribution is -2.33. The van der Waals surface area contributed by atoms with Crippen LogP contribution in [0.3, 0.4) is 0 Å². The fourth-order valence-electron chi connectivity index (χ4n) is 4.39. The van der Waals surface area contributed by atoms with Crippen molar-refractivity contribution in [3.05, 3.63) is 70.5 Å². The number of carbonyl (C=O) groups excluding carboxylic acids is 1.